The van der Waals surface area contributed by atoms with E-state index in [9.17, 15) is 18.0 Å². The second-order valence-electron chi connectivity index (χ2n) is 5.41. The van der Waals surface area contributed by atoms with Gasteiger partial charge in [0.1, 0.15) is 5.75 Å². The van der Waals surface area contributed by atoms with E-state index >= 15 is 0 Å². The molecule has 26 heavy (non-hydrogen) atoms. The zero-order chi connectivity index (χ0) is 19.3. The van der Waals surface area contributed by atoms with Crippen molar-refractivity contribution in [3.63, 3.8) is 0 Å². The Balaban J connectivity index is 2.05. The number of hydrogen-bond acceptors (Lipinski definition) is 4. The summed E-state index contributed by atoms with van der Waals surface area (Å²) in [5.41, 5.74) is 0.932. The summed E-state index contributed by atoms with van der Waals surface area (Å²) in [4.78, 5) is 17.6. The van der Waals surface area contributed by atoms with Crippen LogP contribution in [0.15, 0.2) is 36.5 Å². The van der Waals surface area contributed by atoms with E-state index in [2.05, 4.69) is 9.72 Å². The van der Waals surface area contributed by atoms with Crippen LogP contribution in [-0.2, 0) is 6.54 Å². The van der Waals surface area contributed by atoms with Crippen LogP contribution in [0.3, 0.4) is 0 Å². The van der Waals surface area contributed by atoms with E-state index in [1.54, 1.807) is 25.2 Å². The van der Waals surface area contributed by atoms with Crippen molar-refractivity contribution in [2.45, 2.75) is 12.7 Å². The maximum atomic E-state index is 12.5. The number of pyridine rings is 1. The minimum absolute atomic E-state index is 0.210. The molecule has 0 aliphatic heterocycles. The summed E-state index contributed by atoms with van der Waals surface area (Å²) in [6, 6.07) is 7.63. The van der Waals surface area contributed by atoms with Gasteiger partial charge in [0.15, 0.2) is 6.61 Å². The lowest BCUT2D eigenvalue weighted by molar-refractivity contribution is -0.154. The monoisotopic (exact) mass is 388 g/mol. The van der Waals surface area contributed by atoms with Gasteiger partial charge in [0.2, 0.25) is 5.88 Å². The zero-order valence-electron chi connectivity index (χ0n) is 14.0. The molecule has 0 N–H and O–H groups in total. The first-order valence-electron chi connectivity index (χ1n) is 7.43. The molecule has 1 aromatic heterocycles. The third kappa shape index (κ3) is 5.52. The van der Waals surface area contributed by atoms with Crippen LogP contribution in [-0.4, -0.2) is 42.7 Å². The fraction of sp³-hybridized carbons (Fsp3) is 0.294. The smallest absolute Gasteiger partial charge is 0.422 e. The van der Waals surface area contributed by atoms with Gasteiger partial charge in [-0.25, -0.2) is 4.98 Å². The van der Waals surface area contributed by atoms with Crippen molar-refractivity contribution in [1.29, 1.82) is 0 Å². The van der Waals surface area contributed by atoms with Crippen LogP contribution in [0.5, 0.6) is 11.6 Å². The summed E-state index contributed by atoms with van der Waals surface area (Å²) in [5.74, 6) is 0.0167. The van der Waals surface area contributed by atoms with Crippen molar-refractivity contribution in [1.82, 2.24) is 9.88 Å². The molecule has 0 atom stereocenters. The van der Waals surface area contributed by atoms with Crippen LogP contribution in [0.4, 0.5) is 13.2 Å². The number of benzene rings is 1. The Morgan fingerprint density at radius 1 is 1.27 bits per heavy atom. The second kappa shape index (κ2) is 8.27. The van der Waals surface area contributed by atoms with Crippen LogP contribution in [0.1, 0.15) is 15.9 Å². The minimum Gasteiger partial charge on any atom is -0.496 e. The average molecular weight is 389 g/mol. The first kappa shape index (κ1) is 19.8. The summed E-state index contributed by atoms with van der Waals surface area (Å²) < 4.78 is 46.1. The molecule has 140 valence electrons. The zero-order valence-corrected chi connectivity index (χ0v) is 14.8. The summed E-state index contributed by atoms with van der Waals surface area (Å²) >= 11 is 5.97. The average Bonchev–Trinajstić information content (AvgIpc) is 2.59. The predicted molar refractivity (Wildman–Crippen MR) is 89.6 cm³/mol. The highest BCUT2D eigenvalue weighted by Crippen LogP contribution is 2.24. The normalized spacial score (nSPS) is 11.2. The third-order valence-electron chi connectivity index (χ3n) is 3.36. The first-order valence-corrected chi connectivity index (χ1v) is 7.81. The molecule has 0 spiro atoms. The van der Waals surface area contributed by atoms with Crippen LogP contribution < -0.4 is 9.47 Å². The second-order valence-corrected chi connectivity index (χ2v) is 5.84. The number of rotatable bonds is 6. The number of alkyl halides is 3. The van der Waals surface area contributed by atoms with E-state index in [0.717, 1.165) is 0 Å². The lowest BCUT2D eigenvalue weighted by atomic mass is 10.1. The summed E-state index contributed by atoms with van der Waals surface area (Å²) in [5, 5.41) is 0.509. The fourth-order valence-corrected chi connectivity index (χ4v) is 2.36. The molecule has 2 aromatic rings. The molecule has 2 rings (SSSR count). The van der Waals surface area contributed by atoms with Gasteiger partial charge in [-0.15, -0.1) is 0 Å². The standard InChI is InChI=1S/C17H16ClF3N2O3/c1-23(9-12-7-13(18)4-5-14(12)25-2)16(24)11-3-6-15(22-8-11)26-10-17(19,20)21/h3-8H,9-10H2,1-2H3. The SMILES string of the molecule is COc1ccc(Cl)cc1CN(C)C(=O)c1ccc(OCC(F)(F)F)nc1. The Morgan fingerprint density at radius 3 is 2.58 bits per heavy atom. The highest BCUT2D eigenvalue weighted by atomic mass is 35.5. The number of carbonyl (C=O) groups excluding carboxylic acids is 1. The van der Waals surface area contributed by atoms with Crippen molar-refractivity contribution in [2.24, 2.45) is 0 Å². The molecule has 1 amide bonds. The van der Waals surface area contributed by atoms with Gasteiger partial charge in [-0.2, -0.15) is 13.2 Å². The lowest BCUT2D eigenvalue weighted by Gasteiger charge is -2.19. The Bertz CT molecular complexity index is 767. The Morgan fingerprint density at radius 2 is 2.00 bits per heavy atom. The number of nitrogens with zero attached hydrogens (tertiary/aromatic N) is 2. The van der Waals surface area contributed by atoms with E-state index in [0.29, 0.717) is 16.3 Å². The van der Waals surface area contributed by atoms with Gasteiger partial charge in [-0.1, -0.05) is 11.6 Å². The van der Waals surface area contributed by atoms with Gasteiger partial charge in [0.25, 0.3) is 5.91 Å². The van der Waals surface area contributed by atoms with E-state index in [1.807, 2.05) is 0 Å². The molecule has 1 aromatic carbocycles. The third-order valence-corrected chi connectivity index (χ3v) is 3.60. The highest BCUT2D eigenvalue weighted by molar-refractivity contribution is 6.30. The van der Waals surface area contributed by atoms with Gasteiger partial charge in [-0.05, 0) is 24.3 Å². The molecule has 5 nitrogen and oxygen atoms in total. The number of amides is 1. The van der Waals surface area contributed by atoms with E-state index < -0.39 is 12.8 Å². The quantitative estimate of drug-likeness (QED) is 0.751. The van der Waals surface area contributed by atoms with Gasteiger partial charge < -0.3 is 14.4 Å². The highest BCUT2D eigenvalue weighted by Gasteiger charge is 2.28. The van der Waals surface area contributed by atoms with Crippen molar-refractivity contribution in [3.05, 3.63) is 52.7 Å². The van der Waals surface area contributed by atoms with E-state index in [-0.39, 0.29) is 23.9 Å². The topological polar surface area (TPSA) is 51.7 Å². The molecule has 0 unspecified atom stereocenters. The Labute approximate surface area is 153 Å². The van der Waals surface area contributed by atoms with Crippen molar-refractivity contribution in [3.8, 4) is 11.6 Å². The Kier molecular flexibility index (Phi) is 6.31. The lowest BCUT2D eigenvalue weighted by Crippen LogP contribution is -2.26. The minimum atomic E-state index is -4.45. The fourth-order valence-electron chi connectivity index (χ4n) is 2.17. The molecule has 0 aliphatic rings. The number of aromatic nitrogens is 1. The van der Waals surface area contributed by atoms with Crippen molar-refractivity contribution >= 4 is 17.5 Å². The molecule has 9 heteroatoms. The molecule has 0 saturated heterocycles. The maximum Gasteiger partial charge on any atom is 0.422 e. The molecular formula is C17H16ClF3N2O3. The van der Waals surface area contributed by atoms with Gasteiger partial charge >= 0.3 is 6.18 Å². The summed E-state index contributed by atoms with van der Waals surface area (Å²) in [6.07, 6.45) is -3.29. The van der Waals surface area contributed by atoms with Crippen LogP contribution in [0.25, 0.3) is 0 Å². The molecule has 1 heterocycles. The number of methoxy groups -OCH3 is 1. The number of ether oxygens (including phenoxy) is 2. The number of carbonyl (C=O) groups is 1. The molecule has 0 aliphatic carbocycles. The Hall–Kier alpha value is -2.48. The molecule has 0 radical (unpaired) electrons. The predicted octanol–water partition coefficient (Wildman–Crippen LogP) is 3.96. The van der Waals surface area contributed by atoms with Gasteiger partial charge in [0, 0.05) is 36.4 Å². The van der Waals surface area contributed by atoms with Crippen LogP contribution >= 0.6 is 11.6 Å². The largest absolute Gasteiger partial charge is 0.496 e. The van der Waals surface area contributed by atoms with E-state index in [1.165, 1.54) is 30.3 Å². The van der Waals surface area contributed by atoms with Gasteiger partial charge in [0.05, 0.1) is 12.7 Å². The molecule has 0 bridgehead atoms. The summed E-state index contributed by atoms with van der Waals surface area (Å²) in [6.45, 7) is -1.21. The summed E-state index contributed by atoms with van der Waals surface area (Å²) in [7, 11) is 3.09. The molecular weight excluding hydrogens is 373 g/mol. The maximum absolute atomic E-state index is 12.5. The van der Waals surface area contributed by atoms with Crippen LogP contribution in [0.2, 0.25) is 5.02 Å². The first-order chi connectivity index (χ1) is 12.2. The van der Waals surface area contributed by atoms with Crippen LogP contribution in [0, 0.1) is 0 Å². The van der Waals surface area contributed by atoms with Gasteiger partial charge in [-0.3, -0.25) is 4.79 Å². The molecule has 0 fully saturated rings. The number of halogens is 4. The van der Waals surface area contributed by atoms with Crippen molar-refractivity contribution < 1.29 is 27.4 Å². The number of hydrogen-bond donors (Lipinski definition) is 0. The van der Waals surface area contributed by atoms with Crippen molar-refractivity contribution in [2.75, 3.05) is 20.8 Å². The van der Waals surface area contributed by atoms with E-state index in [4.69, 9.17) is 16.3 Å². The molecule has 0 saturated carbocycles.